The number of unbranched alkanes of at least 4 members (excludes halogenated alkanes) is 26. The molecule has 1 aliphatic heterocycles. The standard InChI is InChI=1S/C106H168N8O24/c1-9-11-13-15-17-19-21-23-25-27-29-31-33-35-37-83-75-85-86(76-84(83)38-36-34-32-30-28-26-24-22-20-18-16-14-12-10-2)100-107-99(85)108-101-87-77-93(133-69-63-127-57-51-121-45-39-115-3)95(135-71-65-129-59-53-123-47-41-117-5)79-89(87)103(110-101)112-105-91-81-97(137-73-67-131-61-55-125-49-43-119-7)98(138-74-68-132-62-56-126-50-44-120-8)82-92(91)106(114-105)113-104-90-80-96(136-72-66-130-60-54-124-48-42-118-6)94(78-88(90)102(109-100)111-104)134-70-64-128-58-52-122-46-40-116-4/h75-82H,9-74H2,1-8H3,(H4,107,108,109,110,111,112,113,114). The number of benzene rings is 4. The Hall–Kier alpha value is -7.68. The Balaban J connectivity index is 1.25. The van der Waals surface area contributed by atoms with Crippen molar-refractivity contribution in [2.45, 2.75) is 206 Å². The zero-order chi connectivity index (χ0) is 96.8. The number of aromatic nitrogens is 4. The van der Waals surface area contributed by atoms with Crippen LogP contribution in [0.4, 0.5) is 23.3 Å². The number of hydrogen-bond donors (Lipinski definition) is 4. The van der Waals surface area contributed by atoms with Crippen LogP contribution in [-0.4, -0.2) is 300 Å². The van der Waals surface area contributed by atoms with Gasteiger partial charge >= 0.3 is 0 Å². The molecule has 4 aromatic heterocycles. The molecule has 4 N–H and O–H groups in total. The molecule has 0 radical (unpaired) electrons. The van der Waals surface area contributed by atoms with E-state index in [1.165, 1.54) is 165 Å². The molecule has 5 heterocycles. The molecule has 0 unspecified atom stereocenters. The van der Waals surface area contributed by atoms with Gasteiger partial charge in [0.15, 0.2) is 34.5 Å². The lowest BCUT2D eigenvalue weighted by Crippen LogP contribution is -2.14. The highest BCUT2D eigenvalue weighted by Gasteiger charge is 2.24. The number of ether oxygens (including phenoxy) is 24. The van der Waals surface area contributed by atoms with Crippen LogP contribution in [0.2, 0.25) is 0 Å². The first-order valence-corrected chi connectivity index (χ1v) is 51.6. The Bertz CT molecular complexity index is 4300. The summed E-state index contributed by atoms with van der Waals surface area (Å²) >= 11 is 0. The van der Waals surface area contributed by atoms with Crippen molar-refractivity contribution in [1.82, 2.24) is 19.9 Å². The first kappa shape index (κ1) is 114. The summed E-state index contributed by atoms with van der Waals surface area (Å²) in [4.78, 5) is 38.1. The van der Waals surface area contributed by atoms with E-state index in [1.54, 1.807) is 42.7 Å². The van der Waals surface area contributed by atoms with E-state index in [-0.39, 0.29) is 79.3 Å². The monoisotopic (exact) mass is 1940 g/mol. The van der Waals surface area contributed by atoms with Gasteiger partial charge in [-0.1, -0.05) is 181 Å². The molecule has 8 aromatic rings. The zero-order valence-corrected chi connectivity index (χ0v) is 84.9. The summed E-state index contributed by atoms with van der Waals surface area (Å²) in [5.74, 6) is 4.47. The Morgan fingerprint density at radius 1 is 0.174 bits per heavy atom. The summed E-state index contributed by atoms with van der Waals surface area (Å²) in [6.07, 6.45) is 37.8. The van der Waals surface area contributed by atoms with E-state index in [9.17, 15) is 0 Å². The number of nitrogens with one attached hydrogen (secondary N) is 4. The van der Waals surface area contributed by atoms with Crippen LogP contribution in [0.3, 0.4) is 0 Å². The Morgan fingerprint density at radius 2 is 0.333 bits per heavy atom. The number of aryl methyl sites for hydroxylation is 2. The number of H-pyrrole nitrogens is 4. The highest BCUT2D eigenvalue weighted by atomic mass is 16.6. The molecule has 32 nitrogen and oxygen atoms in total. The molecule has 0 spiro atoms. The minimum Gasteiger partial charge on any atom is -0.487 e. The second-order valence-electron chi connectivity index (χ2n) is 34.5. The quantitative estimate of drug-likeness (QED) is 0.0257. The van der Waals surface area contributed by atoms with Gasteiger partial charge in [-0.05, 0) is 85.3 Å². The van der Waals surface area contributed by atoms with E-state index >= 15 is 0 Å². The van der Waals surface area contributed by atoms with Gasteiger partial charge in [-0.2, -0.15) is 0 Å². The Labute approximate surface area is 818 Å². The number of rotatable bonds is 90. The summed E-state index contributed by atoms with van der Waals surface area (Å²) in [5, 5.41) is 5.79. The molecule has 0 saturated carbocycles. The van der Waals surface area contributed by atoms with Crippen LogP contribution >= 0.6 is 0 Å². The van der Waals surface area contributed by atoms with Crippen LogP contribution in [0, 0.1) is 0 Å². The van der Waals surface area contributed by atoms with E-state index in [0.717, 1.165) is 49.3 Å². The van der Waals surface area contributed by atoms with Gasteiger partial charge < -0.3 is 134 Å². The van der Waals surface area contributed by atoms with Gasteiger partial charge in [-0.15, -0.1) is 0 Å². The number of methoxy groups -OCH3 is 6. The van der Waals surface area contributed by atoms with Crippen LogP contribution in [0.1, 0.15) is 205 Å². The van der Waals surface area contributed by atoms with Gasteiger partial charge in [0.05, 0.1) is 198 Å². The minimum absolute atomic E-state index is 0.158. The fourth-order valence-electron chi connectivity index (χ4n) is 16.3. The summed E-state index contributed by atoms with van der Waals surface area (Å²) in [7, 11) is 9.89. The fourth-order valence-corrected chi connectivity index (χ4v) is 16.3. The second-order valence-corrected chi connectivity index (χ2v) is 34.5. The van der Waals surface area contributed by atoms with Gasteiger partial charge in [0.2, 0.25) is 0 Å². The van der Waals surface area contributed by atoms with Crippen LogP contribution in [0.15, 0.2) is 68.5 Å². The van der Waals surface area contributed by atoms with Gasteiger partial charge in [0.1, 0.15) is 84.9 Å². The van der Waals surface area contributed by atoms with Crippen molar-refractivity contribution in [3.8, 4) is 34.5 Å². The van der Waals surface area contributed by atoms with E-state index < -0.39 is 0 Å². The van der Waals surface area contributed by atoms with E-state index in [4.69, 9.17) is 134 Å². The molecule has 8 bridgehead atoms. The lowest BCUT2D eigenvalue weighted by Gasteiger charge is -2.14. The predicted octanol–water partition coefficient (Wildman–Crippen LogP) is 18.1. The van der Waals surface area contributed by atoms with Gasteiger partial charge in [-0.25, -0.2) is 20.0 Å². The zero-order valence-electron chi connectivity index (χ0n) is 84.9. The maximum absolute atomic E-state index is 6.77. The van der Waals surface area contributed by atoms with E-state index in [2.05, 4.69) is 45.9 Å². The number of hydrogen-bond acceptors (Lipinski definition) is 28. The van der Waals surface area contributed by atoms with E-state index in [0.29, 0.717) is 271 Å². The number of aromatic amines is 4. The third kappa shape index (κ3) is 43.6. The third-order valence-electron chi connectivity index (χ3n) is 23.8. The maximum Gasteiger partial charge on any atom is 0.162 e. The van der Waals surface area contributed by atoms with Gasteiger partial charge in [-0.3, -0.25) is 0 Å². The molecule has 138 heavy (non-hydrogen) atoms. The summed E-state index contributed by atoms with van der Waals surface area (Å²) < 4.78 is 143. The molecule has 32 heteroatoms. The molecule has 0 atom stereocenters. The van der Waals surface area contributed by atoms with Crippen LogP contribution < -0.4 is 50.4 Å². The first-order chi connectivity index (χ1) is 68.3. The van der Waals surface area contributed by atoms with Crippen molar-refractivity contribution in [1.29, 1.82) is 0 Å². The second kappa shape index (κ2) is 73.4. The van der Waals surface area contributed by atoms with Crippen LogP contribution in [0.5, 0.6) is 34.5 Å². The predicted molar refractivity (Wildman–Crippen MR) is 539 cm³/mol. The molecule has 1 aliphatic rings. The maximum atomic E-state index is 6.77. The van der Waals surface area contributed by atoms with Gasteiger partial charge in [0.25, 0.3) is 0 Å². The third-order valence-corrected chi connectivity index (χ3v) is 23.8. The highest BCUT2D eigenvalue weighted by molar-refractivity contribution is 6.03. The molecule has 0 amide bonds. The highest BCUT2D eigenvalue weighted by Crippen LogP contribution is 2.44. The van der Waals surface area contributed by atoms with E-state index in [1.807, 2.05) is 36.4 Å². The molecule has 9 rings (SSSR count). The van der Waals surface area contributed by atoms with Crippen molar-refractivity contribution in [2.75, 3.05) is 281 Å². The summed E-state index contributed by atoms with van der Waals surface area (Å²) in [6.45, 7) is 17.2. The minimum atomic E-state index is 0.158. The van der Waals surface area contributed by atoms with Crippen molar-refractivity contribution < 1.29 is 114 Å². The normalized spacial score (nSPS) is 12.1. The largest absolute Gasteiger partial charge is 0.487 e. The molecule has 0 aliphatic carbocycles. The van der Waals surface area contributed by atoms with Gasteiger partial charge in [0, 0.05) is 85.7 Å². The Morgan fingerprint density at radius 3 is 0.522 bits per heavy atom. The SMILES string of the molecule is CCCCCCCCCCCCCCCCc1cc2c3[nH]c(c2cc1CCCCCCCCCCCCCCCC)=Nc1[nH]c(c2cc(OCCOCCOCCOC)c(OCCOCCOCCOC)cc12)N=c1[nH]c(c2cc(OCCOCCOCCOC)c(OCCOCCOCCOC)cc12)=Nc1[nH]c(c2cc(OCCOCCOCCOC)c(OCCOCCOCCOC)cc12)N=3. The van der Waals surface area contributed by atoms with Crippen molar-refractivity contribution in [2.24, 2.45) is 20.0 Å². The molecular formula is C106H168N8O24. The van der Waals surface area contributed by atoms with Crippen molar-refractivity contribution in [3.05, 3.63) is 81.6 Å². The first-order valence-electron chi connectivity index (χ1n) is 51.6. The summed E-state index contributed by atoms with van der Waals surface area (Å²) in [6, 6.07) is 16.5. The average molecular weight is 1940 g/mol. The fraction of sp³-hybridized carbons (Fsp3) is 0.698. The number of fused-ring (bicyclic) bond motifs is 20. The topological polar surface area (TPSA) is 334 Å². The lowest BCUT2D eigenvalue weighted by atomic mass is 9.94. The van der Waals surface area contributed by atoms with Crippen LogP contribution in [-0.2, 0) is 98.1 Å². The van der Waals surface area contributed by atoms with Crippen molar-refractivity contribution in [3.63, 3.8) is 0 Å². The smallest absolute Gasteiger partial charge is 0.162 e. The number of nitrogens with zero attached hydrogens (tertiary/aromatic N) is 4. The summed E-state index contributed by atoms with van der Waals surface area (Å²) in [5.41, 5.74) is 4.63. The lowest BCUT2D eigenvalue weighted by molar-refractivity contribution is 0.0160. The van der Waals surface area contributed by atoms with Crippen LogP contribution in [0.25, 0.3) is 43.1 Å². The molecule has 0 fully saturated rings. The average Bonchev–Trinajstić information content (AvgIpc) is 1.59. The molecular weight excluding hydrogens is 1770 g/mol. The molecule has 776 valence electrons. The molecule has 4 aromatic carbocycles. The molecule has 0 saturated heterocycles. The Kier molecular flexibility index (Phi) is 60.6. The van der Waals surface area contributed by atoms with Crippen molar-refractivity contribution >= 4 is 66.4 Å².